The van der Waals surface area contributed by atoms with Crippen LogP contribution in [0.5, 0.6) is 0 Å². The van der Waals surface area contributed by atoms with Crippen LogP contribution in [0.2, 0.25) is 0 Å². The van der Waals surface area contributed by atoms with E-state index in [0.717, 1.165) is 58.0 Å². The minimum atomic E-state index is -1.57. The largest absolute Gasteiger partial charge is 0.479 e. The second-order valence-electron chi connectivity index (χ2n) is 8.55. The molecule has 0 radical (unpaired) electrons. The quantitative estimate of drug-likeness (QED) is 0.186. The fourth-order valence-electron chi connectivity index (χ4n) is 4.63. The SMILES string of the molecule is CCCCCCCC(=O)NC1(C(=S)SC=O)C(=O)N2C(C(=O)O)C(N3CCCCC3)=CS[C@H]21. The van der Waals surface area contributed by atoms with Gasteiger partial charge in [0.1, 0.15) is 5.37 Å². The van der Waals surface area contributed by atoms with Crippen LogP contribution in [-0.2, 0) is 19.2 Å². The Morgan fingerprint density at radius 3 is 2.61 bits per heavy atom. The molecule has 11 heteroatoms. The number of piperidine rings is 1. The number of carbonyl (C=O) groups is 4. The Balaban J connectivity index is 1.81. The molecule has 3 aliphatic rings. The molecule has 0 aliphatic carbocycles. The van der Waals surface area contributed by atoms with Gasteiger partial charge in [0.05, 0.1) is 9.89 Å². The van der Waals surface area contributed by atoms with Crippen molar-refractivity contribution < 1.29 is 24.3 Å². The highest BCUT2D eigenvalue weighted by molar-refractivity contribution is 8.32. The third-order valence-corrected chi connectivity index (χ3v) is 8.81. The molecule has 3 rings (SSSR count). The number of likely N-dealkylation sites (tertiary alicyclic amines) is 1. The maximum atomic E-state index is 13.5. The number of thiocarbonyl (C=S) groups is 1. The number of thioether (sulfide) groups is 2. The van der Waals surface area contributed by atoms with Gasteiger partial charge in [0.2, 0.25) is 5.91 Å². The summed E-state index contributed by atoms with van der Waals surface area (Å²) in [4.78, 5) is 53.0. The van der Waals surface area contributed by atoms with Gasteiger partial charge in [-0.15, -0.1) is 11.8 Å². The average Bonchev–Trinajstić information content (AvgIpc) is 2.81. The Morgan fingerprint density at radius 1 is 1.27 bits per heavy atom. The second-order valence-corrected chi connectivity index (χ2v) is 11.0. The topological polar surface area (TPSA) is 107 Å². The van der Waals surface area contributed by atoms with E-state index in [1.165, 1.54) is 16.7 Å². The summed E-state index contributed by atoms with van der Waals surface area (Å²) < 4.78 is 0.0505. The van der Waals surface area contributed by atoms with Crippen molar-refractivity contribution in [1.82, 2.24) is 15.1 Å². The Kier molecular flexibility index (Phi) is 9.23. The van der Waals surface area contributed by atoms with E-state index in [4.69, 9.17) is 12.2 Å². The van der Waals surface area contributed by atoms with Gasteiger partial charge in [-0.1, -0.05) is 44.8 Å². The third kappa shape index (κ3) is 5.24. The lowest BCUT2D eigenvalue weighted by Crippen LogP contribution is -2.84. The van der Waals surface area contributed by atoms with Crippen molar-refractivity contribution in [2.24, 2.45) is 0 Å². The molecule has 0 aromatic heterocycles. The number of unbranched alkanes of at least 4 members (excludes halogenated alkanes) is 4. The molecule has 33 heavy (non-hydrogen) atoms. The highest BCUT2D eigenvalue weighted by Crippen LogP contribution is 2.49. The molecule has 0 saturated carbocycles. The predicted molar refractivity (Wildman–Crippen MR) is 134 cm³/mol. The first-order valence-corrected chi connectivity index (χ1v) is 13.7. The standard InChI is InChI=1S/C22H31N3O5S3/c1-2-3-4-5-7-10-16(27)23-22(21(31)33-14-26)19(30)25-17(18(28)29)15(13-32-20(22)25)24-11-8-6-9-12-24/h13-14,17,20H,2-12H2,1H3,(H,23,27)(H,28,29)/t17?,20-,22?/m0/s1. The van der Waals surface area contributed by atoms with E-state index in [1.54, 1.807) is 5.41 Å². The van der Waals surface area contributed by atoms with Crippen molar-refractivity contribution in [3.63, 3.8) is 0 Å². The molecule has 3 atom stereocenters. The fraction of sp³-hybridized carbons (Fsp3) is 0.682. The summed E-state index contributed by atoms with van der Waals surface area (Å²) in [5.74, 6) is -1.99. The maximum Gasteiger partial charge on any atom is 0.332 e. The molecule has 2 fully saturated rings. The van der Waals surface area contributed by atoms with Gasteiger partial charge in [-0.2, -0.15) is 0 Å². The molecule has 8 nitrogen and oxygen atoms in total. The molecule has 0 aromatic rings. The zero-order valence-corrected chi connectivity index (χ0v) is 21.2. The number of aliphatic carboxylic acids is 1. The van der Waals surface area contributed by atoms with E-state index in [9.17, 15) is 24.3 Å². The van der Waals surface area contributed by atoms with Gasteiger partial charge in [-0.3, -0.25) is 14.4 Å². The number of carboxylic acid groups (broad SMARTS) is 1. The van der Waals surface area contributed by atoms with Crippen molar-refractivity contribution in [2.45, 2.75) is 81.7 Å². The monoisotopic (exact) mass is 513 g/mol. The molecule has 2 saturated heterocycles. The van der Waals surface area contributed by atoms with Crippen molar-refractivity contribution in [3.05, 3.63) is 11.1 Å². The van der Waals surface area contributed by atoms with Gasteiger partial charge >= 0.3 is 5.97 Å². The number of nitrogens with zero attached hydrogens (tertiary/aromatic N) is 2. The van der Waals surface area contributed by atoms with Gasteiger partial charge in [0.15, 0.2) is 17.2 Å². The van der Waals surface area contributed by atoms with Gasteiger partial charge < -0.3 is 20.2 Å². The van der Waals surface area contributed by atoms with Crippen LogP contribution in [0.15, 0.2) is 11.1 Å². The number of β-lactam (4-membered cyclic amide) rings is 1. The summed E-state index contributed by atoms with van der Waals surface area (Å²) >= 11 is 7.38. The number of hydrogen-bond acceptors (Lipinski definition) is 8. The van der Waals surface area contributed by atoms with Crippen LogP contribution in [0, 0.1) is 0 Å². The van der Waals surface area contributed by atoms with E-state index in [0.29, 0.717) is 29.5 Å². The lowest BCUT2D eigenvalue weighted by Gasteiger charge is -2.59. The van der Waals surface area contributed by atoms with E-state index in [2.05, 4.69) is 12.2 Å². The molecule has 0 aromatic carbocycles. The minimum absolute atomic E-state index is 0.0505. The number of fused-ring (bicyclic) bond motifs is 1. The Hall–Kier alpha value is -1.59. The van der Waals surface area contributed by atoms with Crippen molar-refractivity contribution >= 4 is 63.3 Å². The second kappa shape index (κ2) is 11.7. The first-order chi connectivity index (χ1) is 15.9. The van der Waals surface area contributed by atoms with E-state index in [1.807, 2.05) is 4.90 Å². The van der Waals surface area contributed by atoms with Crippen molar-refractivity contribution in [1.29, 1.82) is 0 Å². The van der Waals surface area contributed by atoms with Gasteiger partial charge in [0.25, 0.3) is 5.91 Å². The van der Waals surface area contributed by atoms with Crippen molar-refractivity contribution in [2.75, 3.05) is 13.1 Å². The van der Waals surface area contributed by atoms with Crippen LogP contribution in [0.3, 0.4) is 0 Å². The van der Waals surface area contributed by atoms with Crippen LogP contribution < -0.4 is 5.32 Å². The van der Waals surface area contributed by atoms with E-state index in [-0.39, 0.29) is 16.5 Å². The van der Waals surface area contributed by atoms with Gasteiger partial charge in [-0.25, -0.2) is 4.79 Å². The zero-order chi connectivity index (χ0) is 24.0. The minimum Gasteiger partial charge on any atom is -0.479 e. The molecule has 2 unspecified atom stereocenters. The number of amides is 2. The molecule has 3 heterocycles. The lowest BCUT2D eigenvalue weighted by atomic mass is 9.86. The Bertz CT molecular complexity index is 830. The molecule has 0 bridgehead atoms. The fourth-order valence-corrected chi connectivity index (χ4v) is 7.04. The average molecular weight is 514 g/mol. The summed E-state index contributed by atoms with van der Waals surface area (Å²) in [7, 11) is 0. The number of carbonyl (C=O) groups excluding carboxylic acids is 3. The lowest BCUT2D eigenvalue weighted by molar-refractivity contribution is -0.164. The number of nitrogens with one attached hydrogen (secondary N) is 1. The Morgan fingerprint density at radius 2 is 1.97 bits per heavy atom. The maximum absolute atomic E-state index is 13.5. The van der Waals surface area contributed by atoms with Crippen LogP contribution in [0.25, 0.3) is 0 Å². The highest BCUT2D eigenvalue weighted by Gasteiger charge is 2.69. The predicted octanol–water partition coefficient (Wildman–Crippen LogP) is 3.15. The van der Waals surface area contributed by atoms with Crippen LogP contribution >= 0.6 is 35.7 Å². The van der Waals surface area contributed by atoms with Gasteiger partial charge in [0, 0.05) is 19.5 Å². The highest BCUT2D eigenvalue weighted by atomic mass is 32.2. The van der Waals surface area contributed by atoms with E-state index >= 15 is 0 Å². The molecule has 2 amide bonds. The molecule has 182 valence electrons. The molecular weight excluding hydrogens is 482 g/mol. The first-order valence-electron chi connectivity index (χ1n) is 11.5. The first kappa shape index (κ1) is 26.0. The summed E-state index contributed by atoms with van der Waals surface area (Å²) in [6.07, 6.45) is 8.18. The van der Waals surface area contributed by atoms with E-state index < -0.39 is 28.8 Å². The normalized spacial score (nSPS) is 26.7. The molecule has 3 aliphatic heterocycles. The summed E-state index contributed by atoms with van der Waals surface area (Å²) in [6.45, 7) is 3.62. The number of carboxylic acids is 1. The zero-order valence-electron chi connectivity index (χ0n) is 18.8. The van der Waals surface area contributed by atoms with Crippen LogP contribution in [0.1, 0.15) is 64.7 Å². The molecule has 0 spiro atoms. The summed E-state index contributed by atoms with van der Waals surface area (Å²) in [5.41, 5.74) is -0.431. The molecule has 2 N–H and O–H groups in total. The third-order valence-electron chi connectivity index (χ3n) is 6.35. The Labute approximate surface area is 208 Å². The van der Waals surface area contributed by atoms with Crippen LogP contribution in [0.4, 0.5) is 0 Å². The molecular formula is C22H31N3O5S3. The summed E-state index contributed by atoms with van der Waals surface area (Å²) in [5, 5.41) is 13.9. The van der Waals surface area contributed by atoms with Crippen molar-refractivity contribution in [3.8, 4) is 0 Å². The number of rotatable bonds is 11. The summed E-state index contributed by atoms with van der Waals surface area (Å²) in [6, 6.07) is -1.13. The van der Waals surface area contributed by atoms with Crippen LogP contribution in [-0.4, -0.2) is 72.5 Å². The van der Waals surface area contributed by atoms with Gasteiger partial charge in [-0.05, 0) is 42.9 Å². The smallest absolute Gasteiger partial charge is 0.332 e. The number of hydrogen-bond donors (Lipinski definition) is 2.